The molecule has 1 aliphatic rings. The van der Waals surface area contributed by atoms with Crippen molar-refractivity contribution in [3.8, 4) is 0 Å². The first-order valence-electron chi connectivity index (χ1n) is 9.75. The van der Waals surface area contributed by atoms with Gasteiger partial charge in [0.05, 0.1) is 17.2 Å². The van der Waals surface area contributed by atoms with Crippen LogP contribution in [0.1, 0.15) is 43.7 Å². The van der Waals surface area contributed by atoms with Crippen LogP contribution in [0.3, 0.4) is 0 Å². The second-order valence-electron chi connectivity index (χ2n) is 6.65. The minimum atomic E-state index is -0.110. The first-order chi connectivity index (χ1) is 14.5. The Balaban J connectivity index is 0.000000329. The van der Waals surface area contributed by atoms with Gasteiger partial charge in [-0.2, -0.15) is 28.6 Å². The van der Waals surface area contributed by atoms with Crippen LogP contribution in [0.4, 0.5) is 5.82 Å². The lowest BCUT2D eigenvalue weighted by atomic mass is 9.87. The minimum Gasteiger partial charge on any atom is -0.405 e. The molecule has 1 saturated carbocycles. The number of nitrogens with one attached hydrogen (secondary N) is 2. The van der Waals surface area contributed by atoms with Crippen LogP contribution >= 0.6 is 23.5 Å². The van der Waals surface area contributed by atoms with Gasteiger partial charge >= 0.3 is 0 Å². The zero-order chi connectivity index (χ0) is 22.2. The number of hydrogen-bond donors (Lipinski definition) is 4. The molecule has 2 rings (SSSR count). The molecule has 2 amide bonds. The number of carbonyl (C=O) groups excluding carboxylic acids is 2. The van der Waals surface area contributed by atoms with Crippen LogP contribution in [0.15, 0.2) is 36.3 Å². The van der Waals surface area contributed by atoms with Crippen LogP contribution in [0, 0.1) is 0 Å². The van der Waals surface area contributed by atoms with E-state index in [1.807, 2.05) is 24.6 Å². The highest BCUT2D eigenvalue weighted by molar-refractivity contribution is 7.99. The van der Waals surface area contributed by atoms with Crippen LogP contribution in [-0.2, 0) is 9.59 Å². The summed E-state index contributed by atoms with van der Waals surface area (Å²) in [6.07, 6.45) is 14.5. The molecule has 30 heavy (non-hydrogen) atoms. The SMILES string of the molecule is CSCC(=O)N/C(N)=C/C=C\N.CSCC(=O)Nc1ccc(C2CCCCC2)nn1. The predicted octanol–water partition coefficient (Wildman–Crippen LogP) is 2.56. The molecule has 0 atom stereocenters. The Morgan fingerprint density at radius 1 is 1.10 bits per heavy atom. The van der Waals surface area contributed by atoms with Crippen molar-refractivity contribution in [1.82, 2.24) is 15.5 Å². The normalized spacial score (nSPS) is 14.7. The second kappa shape index (κ2) is 15.6. The third-order valence-electron chi connectivity index (χ3n) is 4.20. The molecule has 6 N–H and O–H groups in total. The topological polar surface area (TPSA) is 136 Å². The molecular formula is C20H32N6O2S2. The molecule has 8 nitrogen and oxygen atoms in total. The van der Waals surface area contributed by atoms with Gasteiger partial charge in [0.2, 0.25) is 11.8 Å². The van der Waals surface area contributed by atoms with Gasteiger partial charge in [0, 0.05) is 5.92 Å². The highest BCUT2D eigenvalue weighted by Gasteiger charge is 2.17. The van der Waals surface area contributed by atoms with Crippen LogP contribution in [0.5, 0.6) is 0 Å². The molecule has 0 radical (unpaired) electrons. The number of allylic oxidation sites excluding steroid dienone is 2. The molecule has 0 saturated heterocycles. The van der Waals surface area contributed by atoms with Crippen LogP contribution in [-0.4, -0.2) is 46.0 Å². The van der Waals surface area contributed by atoms with Crippen LogP contribution in [0.2, 0.25) is 0 Å². The maximum Gasteiger partial charge on any atom is 0.235 e. The molecule has 1 fully saturated rings. The number of hydrogen-bond acceptors (Lipinski definition) is 8. The fraction of sp³-hybridized carbons (Fsp3) is 0.500. The summed E-state index contributed by atoms with van der Waals surface area (Å²) in [5.74, 6) is 2.13. The Labute approximate surface area is 187 Å². The smallest absolute Gasteiger partial charge is 0.235 e. The number of thioether (sulfide) groups is 2. The lowest BCUT2D eigenvalue weighted by molar-refractivity contribution is -0.118. The molecule has 1 aromatic rings. The third kappa shape index (κ3) is 11.1. The number of nitrogens with zero attached hydrogens (tertiary/aromatic N) is 2. The van der Waals surface area contributed by atoms with Gasteiger partial charge in [-0.1, -0.05) is 19.3 Å². The standard InChI is InChI=1S/C13H19N3OS.C7H13N3OS/c1-18-9-13(17)14-12-8-7-11(15-16-12)10-5-3-2-4-6-10;1-12-5-7(11)10-6(9)3-2-4-8/h7-8,10H,2-6,9H2,1H3,(H,14,16,17);2-4H,5,8-9H2,1H3,(H,10,11)/b;4-2-,6-3+. The number of amides is 2. The number of nitrogens with two attached hydrogens (primary N) is 2. The average molecular weight is 453 g/mol. The Morgan fingerprint density at radius 3 is 2.33 bits per heavy atom. The van der Waals surface area contributed by atoms with E-state index in [1.165, 1.54) is 67.9 Å². The van der Waals surface area contributed by atoms with Gasteiger partial charge in [-0.3, -0.25) is 9.59 Å². The Bertz CT molecular complexity index is 704. The molecule has 1 heterocycles. The summed E-state index contributed by atoms with van der Waals surface area (Å²) in [6.45, 7) is 0. The van der Waals surface area contributed by atoms with Crippen molar-refractivity contribution in [2.45, 2.75) is 38.0 Å². The molecule has 1 aromatic heterocycles. The van der Waals surface area contributed by atoms with E-state index in [0.29, 0.717) is 29.1 Å². The van der Waals surface area contributed by atoms with Gasteiger partial charge in [-0.25, -0.2) is 0 Å². The second-order valence-corrected chi connectivity index (χ2v) is 8.38. The summed E-state index contributed by atoms with van der Waals surface area (Å²) in [6, 6.07) is 3.85. The minimum absolute atomic E-state index is 0.0257. The van der Waals surface area contributed by atoms with E-state index >= 15 is 0 Å². The van der Waals surface area contributed by atoms with Gasteiger partial charge in [-0.05, 0) is 55.8 Å². The van der Waals surface area contributed by atoms with Crippen LogP contribution in [0.25, 0.3) is 0 Å². The summed E-state index contributed by atoms with van der Waals surface area (Å²) < 4.78 is 0. The molecule has 1 aliphatic carbocycles. The lowest BCUT2D eigenvalue weighted by Crippen LogP contribution is -2.28. The summed E-state index contributed by atoms with van der Waals surface area (Å²) in [5.41, 5.74) is 11.5. The summed E-state index contributed by atoms with van der Waals surface area (Å²) in [7, 11) is 0. The number of aromatic nitrogens is 2. The van der Waals surface area contributed by atoms with E-state index in [0.717, 1.165) is 5.69 Å². The predicted molar refractivity (Wildman–Crippen MR) is 127 cm³/mol. The fourth-order valence-electron chi connectivity index (χ4n) is 2.86. The molecule has 10 heteroatoms. The fourth-order valence-corrected chi connectivity index (χ4v) is 3.53. The Kier molecular flexibility index (Phi) is 13.4. The van der Waals surface area contributed by atoms with Gasteiger partial charge in [-0.15, -0.1) is 5.10 Å². The Morgan fingerprint density at radius 2 is 1.77 bits per heavy atom. The van der Waals surface area contributed by atoms with Gasteiger partial charge in [0.25, 0.3) is 0 Å². The van der Waals surface area contributed by atoms with Gasteiger partial charge in [0.15, 0.2) is 5.82 Å². The van der Waals surface area contributed by atoms with Crippen molar-refractivity contribution >= 4 is 41.2 Å². The number of rotatable bonds is 8. The molecule has 0 aliphatic heterocycles. The van der Waals surface area contributed by atoms with Gasteiger partial charge < -0.3 is 22.1 Å². The van der Waals surface area contributed by atoms with Crippen molar-refractivity contribution in [2.24, 2.45) is 11.5 Å². The zero-order valence-electron chi connectivity index (χ0n) is 17.6. The lowest BCUT2D eigenvalue weighted by Gasteiger charge is -2.20. The van der Waals surface area contributed by atoms with Crippen molar-refractivity contribution in [1.29, 1.82) is 0 Å². The zero-order valence-corrected chi connectivity index (χ0v) is 19.2. The van der Waals surface area contributed by atoms with E-state index in [4.69, 9.17) is 11.5 Å². The molecule has 0 unspecified atom stereocenters. The molecule has 0 bridgehead atoms. The van der Waals surface area contributed by atoms with Crippen LogP contribution < -0.4 is 22.1 Å². The quantitative estimate of drug-likeness (QED) is 0.442. The van der Waals surface area contributed by atoms with E-state index in [2.05, 4.69) is 20.8 Å². The maximum atomic E-state index is 11.4. The van der Waals surface area contributed by atoms with Crippen molar-refractivity contribution in [2.75, 3.05) is 29.3 Å². The molecular weight excluding hydrogens is 420 g/mol. The van der Waals surface area contributed by atoms with Crippen molar-refractivity contribution in [3.05, 3.63) is 42.0 Å². The van der Waals surface area contributed by atoms with Crippen molar-refractivity contribution < 1.29 is 9.59 Å². The van der Waals surface area contributed by atoms with Gasteiger partial charge in [0.1, 0.15) is 5.82 Å². The highest BCUT2D eigenvalue weighted by atomic mass is 32.2. The maximum absolute atomic E-state index is 11.4. The third-order valence-corrected chi connectivity index (χ3v) is 5.30. The first-order valence-corrected chi connectivity index (χ1v) is 12.5. The number of carbonyl (C=O) groups is 2. The summed E-state index contributed by atoms with van der Waals surface area (Å²) in [5, 5.41) is 13.6. The van der Waals surface area contributed by atoms with E-state index in [9.17, 15) is 9.59 Å². The number of anilines is 1. The largest absolute Gasteiger partial charge is 0.405 e. The molecule has 166 valence electrons. The van der Waals surface area contributed by atoms with E-state index in [-0.39, 0.29) is 11.8 Å². The van der Waals surface area contributed by atoms with E-state index < -0.39 is 0 Å². The monoisotopic (exact) mass is 452 g/mol. The summed E-state index contributed by atoms with van der Waals surface area (Å²) in [4.78, 5) is 22.3. The average Bonchev–Trinajstić information content (AvgIpc) is 2.74. The molecule has 0 spiro atoms. The first kappa shape index (κ1) is 25.8. The Hall–Kier alpha value is -2.20. The van der Waals surface area contributed by atoms with E-state index in [1.54, 1.807) is 6.08 Å². The van der Waals surface area contributed by atoms with Crippen molar-refractivity contribution in [3.63, 3.8) is 0 Å². The highest BCUT2D eigenvalue weighted by Crippen LogP contribution is 2.31. The summed E-state index contributed by atoms with van der Waals surface area (Å²) >= 11 is 2.93. The molecule has 0 aromatic carbocycles.